The SMILES string of the molecule is C#CC(Nc1nn(C)c(=O)c2ncc(NC3COC3)cc12)c1cccc(C(F)F)c1F. The summed E-state index contributed by atoms with van der Waals surface area (Å²) in [4.78, 5) is 16.7. The standard InChI is InChI=1S/C21H18F3N5O2/c1-3-16(13-5-4-6-14(17(13)22)19(23)24)27-20-15-7-11(26-12-9-31-10-12)8-25-18(15)21(30)29(2)28-20/h1,4-8,12,16,19,26H,9-10H2,2H3,(H,27,28). The van der Waals surface area contributed by atoms with Crippen LogP contribution in [0.15, 0.2) is 35.3 Å². The minimum Gasteiger partial charge on any atom is -0.377 e. The van der Waals surface area contributed by atoms with E-state index in [-0.39, 0.29) is 22.9 Å². The van der Waals surface area contributed by atoms with Crippen LogP contribution in [-0.2, 0) is 11.8 Å². The number of rotatable bonds is 6. The quantitative estimate of drug-likeness (QED) is 0.587. The summed E-state index contributed by atoms with van der Waals surface area (Å²) in [5.74, 6) is 1.44. The molecule has 160 valence electrons. The number of aromatic nitrogens is 3. The third kappa shape index (κ3) is 3.92. The zero-order valence-electron chi connectivity index (χ0n) is 16.4. The van der Waals surface area contributed by atoms with E-state index in [1.807, 2.05) is 0 Å². The number of pyridine rings is 1. The number of ether oxygens (including phenoxy) is 1. The molecule has 1 atom stereocenters. The number of nitrogens with one attached hydrogen (secondary N) is 2. The predicted molar refractivity (Wildman–Crippen MR) is 110 cm³/mol. The molecule has 10 heteroatoms. The summed E-state index contributed by atoms with van der Waals surface area (Å²) in [7, 11) is 1.44. The van der Waals surface area contributed by atoms with Crippen molar-refractivity contribution in [2.75, 3.05) is 23.8 Å². The Morgan fingerprint density at radius 3 is 2.71 bits per heavy atom. The fourth-order valence-electron chi connectivity index (χ4n) is 3.26. The number of anilines is 2. The second kappa shape index (κ2) is 8.28. The highest BCUT2D eigenvalue weighted by molar-refractivity contribution is 5.90. The van der Waals surface area contributed by atoms with Crippen molar-refractivity contribution in [2.24, 2.45) is 7.05 Å². The molecule has 1 aromatic carbocycles. The van der Waals surface area contributed by atoms with Crippen LogP contribution in [0.25, 0.3) is 10.9 Å². The molecule has 0 bridgehead atoms. The molecule has 1 saturated heterocycles. The van der Waals surface area contributed by atoms with Gasteiger partial charge in [-0.25, -0.2) is 22.8 Å². The molecule has 0 amide bonds. The lowest BCUT2D eigenvalue weighted by atomic mass is 10.0. The lowest BCUT2D eigenvalue weighted by Crippen LogP contribution is -2.40. The Balaban J connectivity index is 1.76. The van der Waals surface area contributed by atoms with E-state index in [9.17, 15) is 18.0 Å². The predicted octanol–water partition coefficient (Wildman–Crippen LogP) is 3.00. The van der Waals surface area contributed by atoms with E-state index in [1.165, 1.54) is 25.4 Å². The van der Waals surface area contributed by atoms with Crippen molar-refractivity contribution in [1.29, 1.82) is 0 Å². The zero-order chi connectivity index (χ0) is 22.1. The number of fused-ring (bicyclic) bond motifs is 1. The monoisotopic (exact) mass is 429 g/mol. The maximum atomic E-state index is 14.6. The van der Waals surface area contributed by atoms with E-state index < -0.39 is 29.4 Å². The molecule has 7 nitrogen and oxygen atoms in total. The zero-order valence-corrected chi connectivity index (χ0v) is 16.4. The van der Waals surface area contributed by atoms with E-state index >= 15 is 0 Å². The summed E-state index contributed by atoms with van der Waals surface area (Å²) in [5.41, 5.74) is -0.524. The summed E-state index contributed by atoms with van der Waals surface area (Å²) in [6.07, 6.45) is 4.12. The van der Waals surface area contributed by atoms with Crippen molar-refractivity contribution in [3.63, 3.8) is 0 Å². The molecular weight excluding hydrogens is 411 g/mol. The molecule has 4 rings (SSSR count). The summed E-state index contributed by atoms with van der Waals surface area (Å²) in [6.45, 7) is 1.10. The number of alkyl halides is 2. The molecule has 1 unspecified atom stereocenters. The molecule has 1 aliphatic heterocycles. The van der Waals surface area contributed by atoms with Crippen LogP contribution in [0, 0.1) is 18.2 Å². The van der Waals surface area contributed by atoms with E-state index in [0.29, 0.717) is 24.3 Å². The Hall–Kier alpha value is -3.58. The maximum absolute atomic E-state index is 14.6. The Morgan fingerprint density at radius 1 is 1.32 bits per heavy atom. The number of hydrogen-bond donors (Lipinski definition) is 2. The van der Waals surface area contributed by atoms with Crippen LogP contribution in [0.3, 0.4) is 0 Å². The number of nitrogens with zero attached hydrogens (tertiary/aromatic N) is 3. The van der Waals surface area contributed by atoms with Crippen molar-refractivity contribution in [1.82, 2.24) is 14.8 Å². The fraction of sp³-hybridized carbons (Fsp3) is 0.286. The van der Waals surface area contributed by atoms with Crippen molar-refractivity contribution in [2.45, 2.75) is 18.5 Å². The molecule has 0 saturated carbocycles. The van der Waals surface area contributed by atoms with Gasteiger partial charge in [0, 0.05) is 12.6 Å². The van der Waals surface area contributed by atoms with E-state index in [0.717, 1.165) is 10.7 Å². The first-order valence-electron chi connectivity index (χ1n) is 9.39. The molecule has 31 heavy (non-hydrogen) atoms. The van der Waals surface area contributed by atoms with Gasteiger partial charge in [-0.15, -0.1) is 6.42 Å². The first-order chi connectivity index (χ1) is 14.9. The van der Waals surface area contributed by atoms with Gasteiger partial charge in [0.05, 0.1) is 42.1 Å². The highest BCUT2D eigenvalue weighted by Gasteiger charge is 2.23. The largest absolute Gasteiger partial charge is 0.377 e. The van der Waals surface area contributed by atoms with Crippen LogP contribution >= 0.6 is 0 Å². The highest BCUT2D eigenvalue weighted by Crippen LogP contribution is 2.30. The normalized spacial score (nSPS) is 14.8. The average Bonchev–Trinajstić information content (AvgIpc) is 2.72. The van der Waals surface area contributed by atoms with Gasteiger partial charge in [0.1, 0.15) is 17.4 Å². The molecule has 0 radical (unpaired) electrons. The lowest BCUT2D eigenvalue weighted by Gasteiger charge is -2.27. The second-order valence-electron chi connectivity index (χ2n) is 7.07. The average molecular weight is 429 g/mol. The number of aryl methyl sites for hydroxylation is 1. The van der Waals surface area contributed by atoms with Gasteiger partial charge in [-0.3, -0.25) is 4.79 Å². The van der Waals surface area contributed by atoms with E-state index in [2.05, 4.69) is 26.6 Å². The van der Waals surface area contributed by atoms with Crippen molar-refractivity contribution < 1.29 is 17.9 Å². The molecule has 0 aliphatic carbocycles. The van der Waals surface area contributed by atoms with Crippen LogP contribution in [0.4, 0.5) is 24.7 Å². The minimum absolute atomic E-state index is 0.125. The molecule has 1 fully saturated rings. The van der Waals surface area contributed by atoms with Gasteiger partial charge in [-0.2, -0.15) is 5.10 Å². The lowest BCUT2D eigenvalue weighted by molar-refractivity contribution is 0.0211. The smallest absolute Gasteiger partial charge is 0.293 e. The number of benzene rings is 1. The van der Waals surface area contributed by atoms with Crippen LogP contribution in [-0.4, -0.2) is 34.0 Å². The van der Waals surface area contributed by atoms with Crippen LogP contribution < -0.4 is 16.2 Å². The summed E-state index contributed by atoms with van der Waals surface area (Å²) in [6, 6.07) is 4.33. The van der Waals surface area contributed by atoms with E-state index in [1.54, 1.807) is 6.07 Å². The number of hydrogen-bond acceptors (Lipinski definition) is 6. The van der Waals surface area contributed by atoms with Gasteiger partial charge in [-0.05, 0) is 6.07 Å². The summed E-state index contributed by atoms with van der Waals surface area (Å²) >= 11 is 0. The number of terminal acetylenes is 1. The molecule has 1 aliphatic rings. The third-order valence-electron chi connectivity index (χ3n) is 4.95. The Bertz CT molecular complexity index is 1230. The fourth-order valence-corrected chi connectivity index (χ4v) is 3.26. The minimum atomic E-state index is -2.98. The third-order valence-corrected chi connectivity index (χ3v) is 4.95. The Morgan fingerprint density at radius 2 is 2.06 bits per heavy atom. The summed E-state index contributed by atoms with van der Waals surface area (Å²) in [5, 5.41) is 10.7. The van der Waals surface area contributed by atoms with Crippen LogP contribution in [0.5, 0.6) is 0 Å². The van der Waals surface area contributed by atoms with Crippen molar-refractivity contribution in [3.05, 3.63) is 57.8 Å². The van der Waals surface area contributed by atoms with Crippen LogP contribution in [0.1, 0.15) is 23.6 Å². The second-order valence-corrected chi connectivity index (χ2v) is 7.07. The first-order valence-corrected chi connectivity index (χ1v) is 9.39. The molecule has 3 heterocycles. The molecular formula is C21H18F3N5O2. The molecule has 3 aromatic rings. The van der Waals surface area contributed by atoms with Gasteiger partial charge in [0.2, 0.25) is 0 Å². The number of halogens is 3. The van der Waals surface area contributed by atoms with Crippen molar-refractivity contribution >= 4 is 22.4 Å². The van der Waals surface area contributed by atoms with Gasteiger partial charge < -0.3 is 15.4 Å². The highest BCUT2D eigenvalue weighted by atomic mass is 19.3. The Kier molecular flexibility index (Phi) is 5.52. The Labute approximate surface area is 175 Å². The topological polar surface area (TPSA) is 81.1 Å². The molecule has 0 spiro atoms. The van der Waals surface area contributed by atoms with E-state index in [4.69, 9.17) is 11.2 Å². The van der Waals surface area contributed by atoms with Gasteiger partial charge in [0.25, 0.3) is 12.0 Å². The van der Waals surface area contributed by atoms with Crippen LogP contribution in [0.2, 0.25) is 0 Å². The van der Waals surface area contributed by atoms with Gasteiger partial charge in [0.15, 0.2) is 5.82 Å². The van der Waals surface area contributed by atoms with Crippen molar-refractivity contribution in [3.8, 4) is 12.3 Å². The maximum Gasteiger partial charge on any atom is 0.293 e. The summed E-state index contributed by atoms with van der Waals surface area (Å²) < 4.78 is 47.1. The molecule has 2 N–H and O–H groups in total. The van der Waals surface area contributed by atoms with Gasteiger partial charge >= 0.3 is 0 Å². The first kappa shape index (κ1) is 20.7. The molecule has 2 aromatic heterocycles. The van der Waals surface area contributed by atoms with Gasteiger partial charge in [-0.1, -0.05) is 24.1 Å².